The Kier molecular flexibility index (Phi) is 7.44. The summed E-state index contributed by atoms with van der Waals surface area (Å²) in [5, 5.41) is 5.39. The Bertz CT molecular complexity index is 734. The number of carbonyl (C=O) groups is 2. The van der Waals surface area contributed by atoms with Crippen LogP contribution in [0.4, 0.5) is 5.69 Å². The second kappa shape index (κ2) is 9.56. The lowest BCUT2D eigenvalue weighted by Gasteiger charge is -2.19. The molecule has 8 heteroatoms. The van der Waals surface area contributed by atoms with Crippen molar-refractivity contribution < 1.29 is 18.0 Å². The zero-order chi connectivity index (χ0) is 19.0. The van der Waals surface area contributed by atoms with E-state index in [1.54, 1.807) is 0 Å². The Labute approximate surface area is 155 Å². The van der Waals surface area contributed by atoms with E-state index in [0.29, 0.717) is 19.5 Å². The number of hydrogen-bond acceptors (Lipinski definition) is 4. The van der Waals surface area contributed by atoms with Gasteiger partial charge in [-0.3, -0.25) is 13.9 Å². The van der Waals surface area contributed by atoms with Crippen LogP contribution in [0.3, 0.4) is 0 Å². The number of carbonyl (C=O) groups excluding carboxylic acids is 2. The number of anilines is 1. The summed E-state index contributed by atoms with van der Waals surface area (Å²) in [7, 11) is -3.43. The molecule has 0 bridgehead atoms. The number of unbranched alkanes of at least 4 members (excludes halogenated alkanes) is 2. The fourth-order valence-electron chi connectivity index (χ4n) is 2.97. The van der Waals surface area contributed by atoms with Crippen LogP contribution in [-0.4, -0.2) is 45.6 Å². The zero-order valence-electron chi connectivity index (χ0n) is 15.2. The molecule has 0 aromatic heterocycles. The van der Waals surface area contributed by atoms with Gasteiger partial charge in [-0.1, -0.05) is 24.6 Å². The molecule has 1 aliphatic rings. The Morgan fingerprint density at radius 2 is 1.85 bits per heavy atom. The number of rotatable bonds is 10. The minimum atomic E-state index is -3.43. The molecule has 26 heavy (non-hydrogen) atoms. The Balaban J connectivity index is 1.66. The van der Waals surface area contributed by atoms with Gasteiger partial charge < -0.3 is 10.6 Å². The molecule has 0 aliphatic carbocycles. The van der Waals surface area contributed by atoms with Crippen molar-refractivity contribution >= 4 is 27.5 Å². The van der Waals surface area contributed by atoms with Crippen LogP contribution in [0, 0.1) is 0 Å². The zero-order valence-corrected chi connectivity index (χ0v) is 16.0. The standard InChI is InChI=1S/C18H27N3O4S/c1-15(22)19-11-6-2-3-9-18(23)20-12-14-26(24,25)21-13-10-16-7-4-5-8-17(16)21/h4-5,7-8H,2-3,6,9-14H2,1H3,(H,19,22)(H,20,23). The third kappa shape index (κ3) is 6.01. The first-order valence-electron chi connectivity index (χ1n) is 8.99. The van der Waals surface area contributed by atoms with E-state index < -0.39 is 10.0 Å². The van der Waals surface area contributed by atoms with Crippen molar-refractivity contribution in [3.8, 4) is 0 Å². The minimum Gasteiger partial charge on any atom is -0.356 e. The summed E-state index contributed by atoms with van der Waals surface area (Å²) in [6.07, 6.45) is 3.48. The summed E-state index contributed by atoms with van der Waals surface area (Å²) in [5.41, 5.74) is 1.79. The number of sulfonamides is 1. The lowest BCUT2D eigenvalue weighted by atomic mass is 10.2. The van der Waals surface area contributed by atoms with Crippen molar-refractivity contribution in [3.05, 3.63) is 29.8 Å². The first kappa shape index (κ1) is 20.2. The highest BCUT2D eigenvalue weighted by atomic mass is 32.2. The minimum absolute atomic E-state index is 0.0513. The monoisotopic (exact) mass is 381 g/mol. The van der Waals surface area contributed by atoms with Crippen molar-refractivity contribution in [1.29, 1.82) is 0 Å². The molecule has 0 saturated heterocycles. The van der Waals surface area contributed by atoms with Crippen LogP contribution < -0.4 is 14.9 Å². The largest absolute Gasteiger partial charge is 0.356 e. The van der Waals surface area contributed by atoms with Gasteiger partial charge in [0.2, 0.25) is 21.8 Å². The molecule has 144 valence electrons. The number of nitrogens with one attached hydrogen (secondary N) is 2. The fraction of sp³-hybridized carbons (Fsp3) is 0.556. The number of amides is 2. The molecule has 2 N–H and O–H groups in total. The summed E-state index contributed by atoms with van der Waals surface area (Å²) in [4.78, 5) is 22.5. The number of benzene rings is 1. The highest BCUT2D eigenvalue weighted by Crippen LogP contribution is 2.29. The molecule has 0 unspecified atom stereocenters. The molecule has 1 aliphatic heterocycles. The molecule has 0 fully saturated rings. The van der Waals surface area contributed by atoms with Gasteiger partial charge in [0, 0.05) is 33.0 Å². The molecular formula is C18H27N3O4S. The van der Waals surface area contributed by atoms with Gasteiger partial charge in [0.15, 0.2) is 0 Å². The summed E-state index contributed by atoms with van der Waals surface area (Å²) in [6.45, 7) is 2.67. The molecule has 0 radical (unpaired) electrons. The number of hydrogen-bond donors (Lipinski definition) is 2. The van der Waals surface area contributed by atoms with Gasteiger partial charge in [-0.2, -0.15) is 0 Å². The van der Waals surface area contributed by atoms with E-state index >= 15 is 0 Å². The molecule has 0 atom stereocenters. The summed E-state index contributed by atoms with van der Waals surface area (Å²) >= 11 is 0. The smallest absolute Gasteiger partial charge is 0.236 e. The van der Waals surface area contributed by atoms with Crippen LogP contribution in [0.25, 0.3) is 0 Å². The van der Waals surface area contributed by atoms with Gasteiger partial charge in [-0.25, -0.2) is 8.42 Å². The van der Waals surface area contributed by atoms with Crippen LogP contribution in [-0.2, 0) is 26.0 Å². The Morgan fingerprint density at radius 1 is 1.08 bits per heavy atom. The lowest BCUT2D eigenvalue weighted by Crippen LogP contribution is -2.36. The van der Waals surface area contributed by atoms with Crippen LogP contribution in [0.5, 0.6) is 0 Å². The maximum absolute atomic E-state index is 12.5. The fourth-order valence-corrected chi connectivity index (χ4v) is 4.39. The molecule has 1 aromatic carbocycles. The first-order chi connectivity index (χ1) is 12.4. The average molecular weight is 381 g/mol. The van der Waals surface area contributed by atoms with E-state index in [1.165, 1.54) is 11.2 Å². The van der Waals surface area contributed by atoms with Gasteiger partial charge in [-0.05, 0) is 30.9 Å². The topological polar surface area (TPSA) is 95.6 Å². The van der Waals surface area contributed by atoms with Crippen molar-refractivity contribution in [3.63, 3.8) is 0 Å². The highest BCUT2D eigenvalue weighted by Gasteiger charge is 2.28. The third-order valence-electron chi connectivity index (χ3n) is 4.32. The normalized spacial score (nSPS) is 13.3. The molecular weight excluding hydrogens is 354 g/mol. The van der Waals surface area contributed by atoms with E-state index in [-0.39, 0.29) is 24.1 Å². The molecule has 2 rings (SSSR count). The van der Waals surface area contributed by atoms with Crippen molar-refractivity contribution in [1.82, 2.24) is 10.6 Å². The van der Waals surface area contributed by atoms with E-state index in [1.807, 2.05) is 24.3 Å². The van der Waals surface area contributed by atoms with Crippen LogP contribution in [0.15, 0.2) is 24.3 Å². The second-order valence-corrected chi connectivity index (χ2v) is 8.42. The average Bonchev–Trinajstić information content (AvgIpc) is 3.02. The van der Waals surface area contributed by atoms with Crippen LogP contribution >= 0.6 is 0 Å². The summed E-state index contributed by atoms with van der Waals surface area (Å²) in [5.74, 6) is -0.290. The van der Waals surface area contributed by atoms with E-state index in [2.05, 4.69) is 10.6 Å². The molecule has 1 aromatic rings. The van der Waals surface area contributed by atoms with Gasteiger partial charge in [0.25, 0.3) is 0 Å². The van der Waals surface area contributed by atoms with Gasteiger partial charge in [0.05, 0.1) is 11.4 Å². The number of nitrogens with zero attached hydrogens (tertiary/aromatic N) is 1. The molecule has 1 heterocycles. The Hall–Kier alpha value is -2.09. The molecule has 0 saturated carbocycles. The van der Waals surface area contributed by atoms with E-state index in [0.717, 1.165) is 36.9 Å². The third-order valence-corrected chi connectivity index (χ3v) is 6.09. The molecule has 7 nitrogen and oxygen atoms in total. The summed E-state index contributed by atoms with van der Waals surface area (Å²) < 4.78 is 26.4. The van der Waals surface area contributed by atoms with Crippen molar-refractivity contribution in [2.75, 3.05) is 29.7 Å². The predicted molar refractivity (Wildman–Crippen MR) is 101 cm³/mol. The van der Waals surface area contributed by atoms with Crippen LogP contribution in [0.1, 0.15) is 38.2 Å². The van der Waals surface area contributed by atoms with Crippen molar-refractivity contribution in [2.45, 2.75) is 39.0 Å². The Morgan fingerprint density at radius 3 is 2.62 bits per heavy atom. The van der Waals surface area contributed by atoms with Gasteiger partial charge in [0.1, 0.15) is 0 Å². The molecule has 2 amide bonds. The number of para-hydroxylation sites is 1. The van der Waals surface area contributed by atoms with E-state index in [9.17, 15) is 18.0 Å². The van der Waals surface area contributed by atoms with Gasteiger partial charge >= 0.3 is 0 Å². The van der Waals surface area contributed by atoms with Crippen molar-refractivity contribution in [2.24, 2.45) is 0 Å². The number of fused-ring (bicyclic) bond motifs is 1. The SMILES string of the molecule is CC(=O)NCCCCCC(=O)NCCS(=O)(=O)N1CCc2ccccc21. The lowest BCUT2D eigenvalue weighted by molar-refractivity contribution is -0.121. The first-order valence-corrected chi connectivity index (χ1v) is 10.6. The summed E-state index contributed by atoms with van der Waals surface area (Å²) in [6, 6.07) is 7.50. The van der Waals surface area contributed by atoms with E-state index in [4.69, 9.17) is 0 Å². The van der Waals surface area contributed by atoms with Crippen LogP contribution in [0.2, 0.25) is 0 Å². The molecule has 0 spiro atoms. The quantitative estimate of drug-likeness (QED) is 0.595. The predicted octanol–water partition coefficient (Wildman–Crippen LogP) is 1.19. The second-order valence-electron chi connectivity index (χ2n) is 6.41. The van der Waals surface area contributed by atoms with Gasteiger partial charge in [-0.15, -0.1) is 0 Å². The highest BCUT2D eigenvalue weighted by molar-refractivity contribution is 7.92. The maximum atomic E-state index is 12.5. The maximum Gasteiger partial charge on any atom is 0.236 e.